The Morgan fingerprint density at radius 3 is 0.786 bits per heavy atom. The van der Waals surface area contributed by atoms with E-state index in [0.717, 1.165) is 20.8 Å². The first-order chi connectivity index (χ1) is 5.20. The molecule has 8 heteroatoms. The topological polar surface area (TPSA) is 147 Å². The smallest absolute Gasteiger partial charge is 1.00 e. The van der Waals surface area contributed by atoms with Crippen molar-refractivity contribution >= 4 is 17.9 Å². The van der Waals surface area contributed by atoms with Gasteiger partial charge in [0.15, 0.2) is 0 Å². The largest absolute Gasteiger partial charge is 1.00 e. The molecule has 0 fully saturated rings. The van der Waals surface area contributed by atoms with Crippen LogP contribution in [0.4, 0.5) is 0 Å². The second kappa shape index (κ2) is 22.8. The van der Waals surface area contributed by atoms with Crippen LogP contribution < -0.4 is 35.7 Å². The van der Waals surface area contributed by atoms with E-state index in [1.165, 1.54) is 0 Å². The number of aliphatic carboxylic acids is 3. The molecule has 0 atom stereocenters. The molecule has 0 aromatic heterocycles. The summed E-state index contributed by atoms with van der Waals surface area (Å²) in [6.45, 7) is 3.25. The van der Waals surface area contributed by atoms with Gasteiger partial charge >= 0.3 is 29.6 Å². The van der Waals surface area contributed by atoms with Crippen molar-refractivity contribution < 1.29 is 60.7 Å². The molecular weight excluding hydrogens is 205 g/mol. The first kappa shape index (κ1) is 29.2. The van der Waals surface area contributed by atoms with E-state index >= 15 is 0 Å². The quantitative estimate of drug-likeness (QED) is 0.332. The normalized spacial score (nSPS) is 5.36. The Morgan fingerprint density at radius 2 is 0.786 bits per heavy atom. The van der Waals surface area contributed by atoms with Crippen LogP contribution in [0.3, 0.4) is 0 Å². The van der Waals surface area contributed by atoms with E-state index in [2.05, 4.69) is 0 Å². The third-order valence-corrected chi connectivity index (χ3v) is 0. The van der Waals surface area contributed by atoms with Crippen molar-refractivity contribution in [2.45, 2.75) is 20.8 Å². The van der Waals surface area contributed by atoms with Gasteiger partial charge in [-0.2, -0.15) is 0 Å². The summed E-state index contributed by atoms with van der Waals surface area (Å²) in [7, 11) is 0. The van der Waals surface area contributed by atoms with E-state index in [-0.39, 0.29) is 37.1 Å². The predicted octanol–water partition coefficient (Wildman–Crippen LogP) is -2.45. The Balaban J connectivity index is -0.0000000184. The molecule has 0 unspecified atom stereocenters. The van der Waals surface area contributed by atoms with Crippen LogP contribution in [-0.2, 0) is 14.4 Å². The number of hydrogen-bond acceptors (Lipinski definition) is 4. The van der Waals surface area contributed by atoms with Crippen molar-refractivity contribution in [3.05, 3.63) is 0 Å². The van der Waals surface area contributed by atoms with Crippen LogP contribution in [0.15, 0.2) is 0 Å². The van der Waals surface area contributed by atoms with E-state index in [1.54, 1.807) is 0 Å². The summed E-state index contributed by atoms with van der Waals surface area (Å²) in [5.74, 6) is -2.50. The monoisotopic (exact) mass is 221 g/mol. The van der Waals surface area contributed by atoms with E-state index in [9.17, 15) is 0 Å². The molecule has 0 heterocycles. The third kappa shape index (κ3) is 3080. The molecule has 0 aliphatic heterocycles. The molecule has 0 amide bonds. The number of carboxylic acid groups (broad SMARTS) is 3. The average Bonchev–Trinajstić information content (AvgIpc) is 1.54. The summed E-state index contributed by atoms with van der Waals surface area (Å²) in [6, 6.07) is 0. The maximum atomic E-state index is 9.00. The fraction of sp³-hybridized carbons (Fsp3) is 0.500. The van der Waals surface area contributed by atoms with Crippen LogP contribution in [0.5, 0.6) is 0 Å². The minimum Gasteiger partial charge on any atom is -1.00 e. The molecule has 0 bridgehead atoms. The second-order valence-electron chi connectivity index (χ2n) is 1.56. The molecule has 14 heavy (non-hydrogen) atoms. The molecule has 0 saturated heterocycles. The van der Waals surface area contributed by atoms with Crippen LogP contribution >= 0.6 is 0 Å². The van der Waals surface area contributed by atoms with Crippen molar-refractivity contribution in [3.8, 4) is 0 Å². The summed E-state index contributed by atoms with van der Waals surface area (Å²) in [5.41, 5.74) is 0. The maximum absolute atomic E-state index is 9.00. The second-order valence-corrected chi connectivity index (χ2v) is 1.56. The van der Waals surface area contributed by atoms with Crippen molar-refractivity contribution in [3.63, 3.8) is 0 Å². The number of carbonyl (C=O) groups is 3. The van der Waals surface area contributed by atoms with Gasteiger partial charge in [-0.15, -0.1) is 0 Å². The number of hydrogen-bond donors (Lipinski definition) is 4. The van der Waals surface area contributed by atoms with Crippen LogP contribution in [0.25, 0.3) is 0 Å². The van der Waals surface area contributed by atoms with Crippen LogP contribution in [0.2, 0.25) is 0 Å². The first-order valence-electron chi connectivity index (χ1n) is 2.78. The minimum absolute atomic E-state index is 0. The van der Waals surface area contributed by atoms with Crippen molar-refractivity contribution in [1.29, 1.82) is 0 Å². The molecule has 0 aliphatic rings. The van der Waals surface area contributed by atoms with Gasteiger partial charge in [0.05, 0.1) is 0 Å². The van der Waals surface area contributed by atoms with E-state index in [0.29, 0.717) is 0 Å². The van der Waals surface area contributed by atoms with Gasteiger partial charge in [-0.3, -0.25) is 14.4 Å². The van der Waals surface area contributed by atoms with Crippen molar-refractivity contribution in [1.82, 2.24) is 6.15 Å². The zero-order chi connectivity index (χ0) is 10.7. The standard InChI is InChI=1S/3C2H4O2.H3N.Na.H/c3*1-2(3)4;;;/h3*1H3,(H,3,4);1H3;;/q;;;;+1;-1. The Kier molecular flexibility index (Phi) is 47.6. The van der Waals surface area contributed by atoms with Gasteiger partial charge in [-0.1, -0.05) is 0 Å². The Hall–Kier alpha value is -0.630. The molecule has 6 N–H and O–H groups in total. The Morgan fingerprint density at radius 1 is 0.786 bits per heavy atom. The van der Waals surface area contributed by atoms with Crippen LogP contribution in [-0.4, -0.2) is 33.2 Å². The molecule has 0 radical (unpaired) electrons. The molecule has 0 spiro atoms. The fourth-order valence-electron chi connectivity index (χ4n) is 0. The third-order valence-electron chi connectivity index (χ3n) is 0. The summed E-state index contributed by atoms with van der Waals surface area (Å²) in [6.07, 6.45) is 0. The Bertz CT molecular complexity index is 125. The maximum Gasteiger partial charge on any atom is 1.00 e. The van der Waals surface area contributed by atoms with Crippen LogP contribution in [0.1, 0.15) is 22.2 Å². The zero-order valence-electron chi connectivity index (χ0n) is 9.77. The summed E-state index contributed by atoms with van der Waals surface area (Å²) in [5, 5.41) is 22.2. The van der Waals surface area contributed by atoms with Gasteiger partial charge in [-0.25, -0.2) is 0 Å². The van der Waals surface area contributed by atoms with Gasteiger partial charge in [0.25, 0.3) is 17.9 Å². The molecule has 0 saturated carbocycles. The van der Waals surface area contributed by atoms with Crippen molar-refractivity contribution in [2.24, 2.45) is 0 Å². The predicted molar refractivity (Wildman–Crippen MR) is 46.1 cm³/mol. The molecule has 7 nitrogen and oxygen atoms in total. The molecular formula is C6H16NNaO6. The van der Waals surface area contributed by atoms with Gasteiger partial charge in [-0.05, 0) is 0 Å². The number of rotatable bonds is 0. The van der Waals surface area contributed by atoms with Crippen molar-refractivity contribution in [2.75, 3.05) is 0 Å². The van der Waals surface area contributed by atoms with E-state index in [1.807, 2.05) is 0 Å². The zero-order valence-corrected chi connectivity index (χ0v) is 10.8. The Labute approximate surface area is 105 Å². The number of carboxylic acids is 3. The molecule has 0 rings (SSSR count). The SMILES string of the molecule is CC(=O)O.CC(=O)O.CC(=O)O.N.[H-].[Na+]. The van der Waals surface area contributed by atoms with Gasteiger partial charge in [0, 0.05) is 20.8 Å². The first-order valence-corrected chi connectivity index (χ1v) is 2.78. The summed E-state index contributed by atoms with van der Waals surface area (Å²) >= 11 is 0. The van der Waals surface area contributed by atoms with Gasteiger partial charge in [0.1, 0.15) is 0 Å². The minimum atomic E-state index is -0.833. The van der Waals surface area contributed by atoms with E-state index < -0.39 is 17.9 Å². The van der Waals surface area contributed by atoms with Gasteiger partial charge in [0.2, 0.25) is 0 Å². The summed E-state index contributed by atoms with van der Waals surface area (Å²) in [4.78, 5) is 27.0. The molecule has 0 aromatic carbocycles. The van der Waals surface area contributed by atoms with E-state index in [4.69, 9.17) is 29.7 Å². The molecule has 0 aromatic rings. The molecule has 82 valence electrons. The summed E-state index contributed by atoms with van der Waals surface area (Å²) < 4.78 is 0. The molecule has 0 aliphatic carbocycles. The fourth-order valence-corrected chi connectivity index (χ4v) is 0. The van der Waals surface area contributed by atoms with Crippen LogP contribution in [0, 0.1) is 0 Å². The van der Waals surface area contributed by atoms with Gasteiger partial charge < -0.3 is 22.9 Å². The average molecular weight is 221 g/mol.